The number of para-hydroxylation sites is 1. The lowest BCUT2D eigenvalue weighted by Crippen LogP contribution is -2.22. The number of hydrogen-bond acceptors (Lipinski definition) is 6. The summed E-state index contributed by atoms with van der Waals surface area (Å²) in [4.78, 5) is 31.1. The molecule has 0 unspecified atom stereocenters. The Balaban J connectivity index is 1.80. The molecule has 0 fully saturated rings. The number of aromatic nitrogens is 2. The lowest BCUT2D eigenvalue weighted by atomic mass is 10.2. The number of nitrogens with one attached hydrogen (secondary N) is 1. The highest BCUT2D eigenvalue weighted by atomic mass is 32.2. The predicted molar refractivity (Wildman–Crippen MR) is 98.8 cm³/mol. The Morgan fingerprint density at radius 2 is 1.89 bits per heavy atom. The van der Waals surface area contributed by atoms with Gasteiger partial charge in [0.05, 0.1) is 21.4 Å². The molecule has 27 heavy (non-hydrogen) atoms. The van der Waals surface area contributed by atoms with Crippen molar-refractivity contribution >= 4 is 26.9 Å². The van der Waals surface area contributed by atoms with Crippen molar-refractivity contribution in [2.24, 2.45) is 0 Å². The molecule has 0 aliphatic heterocycles. The van der Waals surface area contributed by atoms with Gasteiger partial charge < -0.3 is 9.72 Å². The molecule has 0 bridgehead atoms. The minimum absolute atomic E-state index is 0.0146. The molecule has 0 spiro atoms. The first-order valence-corrected chi connectivity index (χ1v) is 9.41. The number of aromatic amines is 1. The zero-order valence-electron chi connectivity index (χ0n) is 14.7. The molecule has 0 amide bonds. The van der Waals surface area contributed by atoms with E-state index in [0.717, 1.165) is 4.31 Å². The van der Waals surface area contributed by atoms with Crippen LogP contribution in [-0.4, -0.2) is 42.8 Å². The predicted octanol–water partition coefficient (Wildman–Crippen LogP) is 1.53. The van der Waals surface area contributed by atoms with Gasteiger partial charge in [0.15, 0.2) is 0 Å². The van der Waals surface area contributed by atoms with Gasteiger partial charge in [-0.1, -0.05) is 18.2 Å². The topological polar surface area (TPSA) is 109 Å². The van der Waals surface area contributed by atoms with Crippen molar-refractivity contribution in [1.82, 2.24) is 14.3 Å². The SMILES string of the molecule is CN(C)S(=O)(=O)c1cccc(C(=O)OCc2nc3ccccc3c(=O)[nH]2)c1. The molecular formula is C18H17N3O5S. The Morgan fingerprint density at radius 1 is 1.15 bits per heavy atom. The van der Waals surface area contributed by atoms with Gasteiger partial charge in [0.1, 0.15) is 12.4 Å². The summed E-state index contributed by atoms with van der Waals surface area (Å²) in [7, 11) is -0.855. The van der Waals surface area contributed by atoms with Gasteiger partial charge in [0.2, 0.25) is 10.0 Å². The minimum Gasteiger partial charge on any atom is -0.454 e. The zero-order chi connectivity index (χ0) is 19.6. The van der Waals surface area contributed by atoms with Gasteiger partial charge in [0.25, 0.3) is 5.56 Å². The standard InChI is InChI=1S/C18H17N3O5S/c1-21(2)27(24,25)13-7-5-6-12(10-13)18(23)26-11-16-19-15-9-4-3-8-14(15)17(22)20-16/h3-10H,11H2,1-2H3,(H,19,20,22). The van der Waals surface area contributed by atoms with Crippen molar-refractivity contribution < 1.29 is 17.9 Å². The van der Waals surface area contributed by atoms with Crippen molar-refractivity contribution in [2.75, 3.05) is 14.1 Å². The monoisotopic (exact) mass is 387 g/mol. The molecule has 3 aromatic rings. The van der Waals surface area contributed by atoms with Crippen molar-refractivity contribution in [3.05, 3.63) is 70.3 Å². The van der Waals surface area contributed by atoms with E-state index in [1.165, 1.54) is 38.4 Å². The Bertz CT molecular complexity index is 1170. The van der Waals surface area contributed by atoms with Crippen LogP contribution < -0.4 is 5.56 Å². The molecule has 1 aromatic heterocycles. The molecular weight excluding hydrogens is 370 g/mol. The average Bonchev–Trinajstić information content (AvgIpc) is 2.66. The fraction of sp³-hybridized carbons (Fsp3) is 0.167. The lowest BCUT2D eigenvalue weighted by Gasteiger charge is -2.12. The molecule has 0 aliphatic rings. The normalized spacial score (nSPS) is 11.7. The summed E-state index contributed by atoms with van der Waals surface area (Å²) < 4.78 is 30.6. The smallest absolute Gasteiger partial charge is 0.338 e. The molecule has 0 saturated carbocycles. The van der Waals surface area contributed by atoms with Crippen LogP contribution in [0.15, 0.2) is 58.2 Å². The fourth-order valence-electron chi connectivity index (χ4n) is 2.41. The number of carbonyl (C=O) groups excluding carboxylic acids is 1. The molecule has 1 heterocycles. The lowest BCUT2D eigenvalue weighted by molar-refractivity contribution is 0.0462. The second-order valence-electron chi connectivity index (χ2n) is 5.92. The van der Waals surface area contributed by atoms with Crippen LogP contribution in [-0.2, 0) is 21.4 Å². The number of nitrogens with zero attached hydrogens (tertiary/aromatic N) is 2. The number of sulfonamides is 1. The van der Waals surface area contributed by atoms with E-state index in [1.807, 2.05) is 0 Å². The largest absolute Gasteiger partial charge is 0.454 e. The molecule has 9 heteroatoms. The van der Waals surface area contributed by atoms with E-state index < -0.39 is 16.0 Å². The Kier molecular flexibility index (Phi) is 5.06. The van der Waals surface area contributed by atoms with Crippen LogP contribution in [0.25, 0.3) is 10.9 Å². The molecule has 0 radical (unpaired) electrons. The number of carbonyl (C=O) groups is 1. The number of ether oxygens (including phenoxy) is 1. The number of benzene rings is 2. The van der Waals surface area contributed by atoms with Gasteiger partial charge in [-0.3, -0.25) is 4.79 Å². The van der Waals surface area contributed by atoms with Gasteiger partial charge in [-0.2, -0.15) is 0 Å². The second-order valence-corrected chi connectivity index (χ2v) is 8.07. The highest BCUT2D eigenvalue weighted by Gasteiger charge is 2.19. The van der Waals surface area contributed by atoms with Crippen LogP contribution in [0.1, 0.15) is 16.2 Å². The van der Waals surface area contributed by atoms with Crippen molar-refractivity contribution in [2.45, 2.75) is 11.5 Å². The molecule has 140 valence electrons. The van der Waals surface area contributed by atoms with E-state index in [4.69, 9.17) is 4.74 Å². The van der Waals surface area contributed by atoms with Crippen molar-refractivity contribution in [3.63, 3.8) is 0 Å². The maximum atomic E-state index is 12.3. The highest BCUT2D eigenvalue weighted by Crippen LogP contribution is 2.16. The first kappa shape index (κ1) is 18.7. The number of esters is 1. The van der Waals surface area contributed by atoms with E-state index >= 15 is 0 Å². The highest BCUT2D eigenvalue weighted by molar-refractivity contribution is 7.89. The number of H-pyrrole nitrogens is 1. The summed E-state index contributed by atoms with van der Waals surface area (Å²) >= 11 is 0. The molecule has 8 nitrogen and oxygen atoms in total. The molecule has 0 aliphatic carbocycles. The first-order chi connectivity index (χ1) is 12.8. The minimum atomic E-state index is -3.66. The van der Waals surface area contributed by atoms with Gasteiger partial charge >= 0.3 is 5.97 Å². The third-order valence-electron chi connectivity index (χ3n) is 3.85. The first-order valence-electron chi connectivity index (χ1n) is 7.96. The quantitative estimate of drug-likeness (QED) is 0.665. The van der Waals surface area contributed by atoms with E-state index in [2.05, 4.69) is 9.97 Å². The van der Waals surface area contributed by atoms with Crippen LogP contribution in [0.2, 0.25) is 0 Å². The number of hydrogen-bond donors (Lipinski definition) is 1. The maximum absolute atomic E-state index is 12.3. The molecule has 3 rings (SSSR count). The summed E-state index contributed by atoms with van der Waals surface area (Å²) in [5.41, 5.74) is 0.248. The third kappa shape index (κ3) is 3.88. The molecule has 1 N–H and O–H groups in total. The van der Waals surface area contributed by atoms with Gasteiger partial charge in [0, 0.05) is 14.1 Å². The van der Waals surface area contributed by atoms with E-state index in [1.54, 1.807) is 24.3 Å². The summed E-state index contributed by atoms with van der Waals surface area (Å²) in [6, 6.07) is 12.4. The maximum Gasteiger partial charge on any atom is 0.338 e. The summed E-state index contributed by atoms with van der Waals surface area (Å²) in [5.74, 6) is -0.522. The average molecular weight is 387 g/mol. The second kappa shape index (κ2) is 7.29. The fourth-order valence-corrected chi connectivity index (χ4v) is 3.36. The van der Waals surface area contributed by atoms with Crippen molar-refractivity contribution in [1.29, 1.82) is 0 Å². The zero-order valence-corrected chi connectivity index (χ0v) is 15.5. The van der Waals surface area contributed by atoms with Crippen LogP contribution in [0.5, 0.6) is 0 Å². The van der Waals surface area contributed by atoms with Gasteiger partial charge in [-0.25, -0.2) is 22.5 Å². The van der Waals surface area contributed by atoms with E-state index in [9.17, 15) is 18.0 Å². The molecule has 0 atom stereocenters. The third-order valence-corrected chi connectivity index (χ3v) is 5.66. The van der Waals surface area contributed by atoms with Crippen molar-refractivity contribution in [3.8, 4) is 0 Å². The van der Waals surface area contributed by atoms with Crippen LogP contribution in [0, 0.1) is 0 Å². The Labute approximate surface area is 155 Å². The van der Waals surface area contributed by atoms with Gasteiger partial charge in [-0.05, 0) is 30.3 Å². The Morgan fingerprint density at radius 3 is 2.63 bits per heavy atom. The van der Waals surface area contributed by atoms with Crippen LogP contribution >= 0.6 is 0 Å². The molecule has 2 aromatic carbocycles. The van der Waals surface area contributed by atoms with Crippen LogP contribution in [0.4, 0.5) is 0 Å². The summed E-state index contributed by atoms with van der Waals surface area (Å²) in [5, 5.41) is 0.439. The number of fused-ring (bicyclic) bond motifs is 1. The van der Waals surface area contributed by atoms with E-state index in [-0.39, 0.29) is 28.4 Å². The van der Waals surface area contributed by atoms with E-state index in [0.29, 0.717) is 10.9 Å². The van der Waals surface area contributed by atoms with Crippen LogP contribution in [0.3, 0.4) is 0 Å². The molecule has 0 saturated heterocycles. The Hall–Kier alpha value is -3.04. The van der Waals surface area contributed by atoms with Gasteiger partial charge in [-0.15, -0.1) is 0 Å². The summed E-state index contributed by atoms with van der Waals surface area (Å²) in [6.45, 7) is -0.246. The summed E-state index contributed by atoms with van der Waals surface area (Å²) in [6.07, 6.45) is 0. The number of rotatable bonds is 5.